The second kappa shape index (κ2) is 10.9. The Morgan fingerprint density at radius 3 is 2.57 bits per heavy atom. The summed E-state index contributed by atoms with van der Waals surface area (Å²) in [4.78, 5) is 30.2. The second-order valence-corrected chi connectivity index (χ2v) is 11.2. The average Bonchev–Trinajstić information content (AvgIpc) is 2.90. The molecule has 1 heterocycles. The Hall–Kier alpha value is -3.38. The fourth-order valence-electron chi connectivity index (χ4n) is 5.12. The lowest BCUT2D eigenvalue weighted by Crippen LogP contribution is -2.43. The first-order valence-electron chi connectivity index (χ1n) is 12.8. The van der Waals surface area contributed by atoms with Crippen molar-refractivity contribution in [1.29, 1.82) is 0 Å². The maximum absolute atomic E-state index is 13.7. The number of benzene rings is 3. The van der Waals surface area contributed by atoms with Gasteiger partial charge in [0.2, 0.25) is 0 Å². The van der Waals surface area contributed by atoms with Gasteiger partial charge in [-0.05, 0) is 65.8 Å². The van der Waals surface area contributed by atoms with Gasteiger partial charge in [-0.3, -0.25) is 9.59 Å². The summed E-state index contributed by atoms with van der Waals surface area (Å²) in [7, 11) is 0. The summed E-state index contributed by atoms with van der Waals surface area (Å²) in [6.07, 6.45) is 5.19. The summed E-state index contributed by atoms with van der Waals surface area (Å²) in [5, 5.41) is 3.24. The van der Waals surface area contributed by atoms with Crippen LogP contribution in [0.3, 0.4) is 0 Å². The summed E-state index contributed by atoms with van der Waals surface area (Å²) in [5.41, 5.74) is 2.99. The van der Waals surface area contributed by atoms with Crippen molar-refractivity contribution in [3.63, 3.8) is 0 Å². The average molecular weight is 515 g/mol. The molecular formula is C31H31FN2O2S. The molecule has 0 radical (unpaired) electrons. The number of anilines is 1. The first-order chi connectivity index (χ1) is 17.9. The first-order valence-corrected chi connectivity index (χ1v) is 13.7. The molecule has 0 spiro atoms. The van der Waals surface area contributed by atoms with Crippen molar-refractivity contribution in [1.82, 2.24) is 5.32 Å². The molecule has 4 nitrogen and oxygen atoms in total. The zero-order valence-electron chi connectivity index (χ0n) is 21.1. The molecule has 5 rings (SSSR count). The number of nitrogens with zero attached hydrogens (tertiary/aromatic N) is 1. The molecule has 0 bridgehead atoms. The third-order valence-corrected chi connectivity index (χ3v) is 8.64. The predicted molar refractivity (Wildman–Crippen MR) is 148 cm³/mol. The summed E-state index contributed by atoms with van der Waals surface area (Å²) in [6, 6.07) is 21.6. The van der Waals surface area contributed by atoms with Crippen LogP contribution in [0.5, 0.6) is 0 Å². The van der Waals surface area contributed by atoms with Gasteiger partial charge in [0.1, 0.15) is 5.82 Å². The van der Waals surface area contributed by atoms with Crippen LogP contribution < -0.4 is 10.2 Å². The van der Waals surface area contributed by atoms with Crippen LogP contribution in [-0.4, -0.2) is 17.9 Å². The number of carbonyl (C=O) groups is 2. The zero-order chi connectivity index (χ0) is 25.9. The predicted octanol–water partition coefficient (Wildman–Crippen LogP) is 7.06. The molecule has 2 amide bonds. The fraction of sp³-hybridized carbons (Fsp3) is 0.290. The molecule has 37 heavy (non-hydrogen) atoms. The van der Waals surface area contributed by atoms with Gasteiger partial charge >= 0.3 is 0 Å². The second-order valence-electron chi connectivity index (χ2n) is 10.1. The monoisotopic (exact) mass is 514 g/mol. The van der Waals surface area contributed by atoms with Gasteiger partial charge in [0.15, 0.2) is 0 Å². The molecule has 1 fully saturated rings. The van der Waals surface area contributed by atoms with Crippen molar-refractivity contribution in [2.45, 2.75) is 50.6 Å². The van der Waals surface area contributed by atoms with Crippen molar-refractivity contribution in [2.24, 2.45) is 11.8 Å². The van der Waals surface area contributed by atoms with Crippen molar-refractivity contribution < 1.29 is 14.0 Å². The van der Waals surface area contributed by atoms with Crippen molar-refractivity contribution in [3.05, 3.63) is 100 Å². The highest BCUT2D eigenvalue weighted by atomic mass is 32.2. The van der Waals surface area contributed by atoms with Crippen LogP contribution in [0.4, 0.5) is 10.1 Å². The molecule has 1 aliphatic carbocycles. The number of hydrogen-bond donors (Lipinski definition) is 1. The molecule has 0 aromatic heterocycles. The number of thioether (sulfide) groups is 1. The Morgan fingerprint density at radius 1 is 1.05 bits per heavy atom. The normalized spacial score (nSPS) is 22.6. The molecule has 3 aromatic rings. The van der Waals surface area contributed by atoms with E-state index in [-0.39, 0.29) is 30.2 Å². The maximum atomic E-state index is 13.7. The van der Waals surface area contributed by atoms with E-state index in [1.807, 2.05) is 54.6 Å². The number of fused-ring (bicyclic) bond motifs is 1. The third kappa shape index (κ3) is 5.64. The molecule has 0 saturated heterocycles. The number of carbonyl (C=O) groups excluding carboxylic acids is 2. The Labute approximate surface area is 222 Å². The first kappa shape index (κ1) is 25.3. The van der Waals surface area contributed by atoms with E-state index in [1.165, 1.54) is 30.3 Å². The molecule has 1 saturated carbocycles. The maximum Gasteiger partial charge on any atom is 0.265 e. The SMILES string of the molecule is C[C@@H]1[C@H](C)CCC[C@@H]1NC(=O)c1ccc2c(c1)N(Cc1ccc(F)cc1)C(=O)/C(=C/c1ccccc1)S2. The molecule has 2 aliphatic rings. The quantitative estimate of drug-likeness (QED) is 0.371. The van der Waals surface area contributed by atoms with E-state index >= 15 is 0 Å². The molecule has 3 atom stereocenters. The van der Waals surface area contributed by atoms with E-state index in [0.717, 1.165) is 28.9 Å². The van der Waals surface area contributed by atoms with Gasteiger partial charge in [-0.2, -0.15) is 0 Å². The van der Waals surface area contributed by atoms with Crippen LogP contribution >= 0.6 is 11.8 Å². The standard InChI is InChI=1S/C31H31FN2O2S/c1-20-7-6-10-26(21(20)2)33-30(35)24-13-16-28-27(18-24)34(19-23-11-14-25(32)15-12-23)31(36)29(37-28)17-22-8-4-3-5-9-22/h3-5,8-9,11-18,20-21,26H,6-7,10,19H2,1-2H3,(H,33,35)/b29-17-/t20-,21-,26+/m1/s1. The van der Waals surface area contributed by atoms with Crippen LogP contribution in [0, 0.1) is 17.7 Å². The van der Waals surface area contributed by atoms with Crippen LogP contribution in [0.15, 0.2) is 82.6 Å². The van der Waals surface area contributed by atoms with Crippen LogP contribution in [-0.2, 0) is 11.3 Å². The zero-order valence-corrected chi connectivity index (χ0v) is 21.9. The molecule has 190 valence electrons. The van der Waals surface area contributed by atoms with Gasteiger partial charge in [0.25, 0.3) is 11.8 Å². The van der Waals surface area contributed by atoms with Crippen molar-refractivity contribution >= 4 is 35.3 Å². The minimum Gasteiger partial charge on any atom is -0.349 e. The van der Waals surface area contributed by atoms with Crippen LogP contribution in [0.2, 0.25) is 0 Å². The van der Waals surface area contributed by atoms with Gasteiger partial charge in [-0.25, -0.2) is 4.39 Å². The summed E-state index contributed by atoms with van der Waals surface area (Å²) in [5.74, 6) is 0.432. The minimum atomic E-state index is -0.320. The highest BCUT2D eigenvalue weighted by Gasteiger charge is 2.32. The van der Waals surface area contributed by atoms with Crippen LogP contribution in [0.25, 0.3) is 6.08 Å². The topological polar surface area (TPSA) is 49.4 Å². The van der Waals surface area contributed by atoms with Gasteiger partial charge in [0.05, 0.1) is 17.1 Å². The molecule has 6 heteroatoms. The molecule has 1 N–H and O–H groups in total. The number of nitrogens with one attached hydrogen (secondary N) is 1. The van der Waals surface area contributed by atoms with E-state index in [9.17, 15) is 14.0 Å². The lowest BCUT2D eigenvalue weighted by Gasteiger charge is -2.35. The van der Waals surface area contributed by atoms with E-state index in [2.05, 4.69) is 19.2 Å². The Balaban J connectivity index is 1.47. The van der Waals surface area contributed by atoms with E-state index in [4.69, 9.17) is 0 Å². The summed E-state index contributed by atoms with van der Waals surface area (Å²) < 4.78 is 13.5. The number of halogens is 1. The molecule has 0 unspecified atom stereocenters. The van der Waals surface area contributed by atoms with E-state index < -0.39 is 0 Å². The highest BCUT2D eigenvalue weighted by molar-refractivity contribution is 8.04. The highest BCUT2D eigenvalue weighted by Crippen LogP contribution is 2.43. The van der Waals surface area contributed by atoms with Crippen molar-refractivity contribution in [2.75, 3.05) is 4.90 Å². The largest absolute Gasteiger partial charge is 0.349 e. The van der Waals surface area contributed by atoms with Gasteiger partial charge in [-0.1, -0.05) is 80.9 Å². The molecule has 1 aliphatic heterocycles. The summed E-state index contributed by atoms with van der Waals surface area (Å²) >= 11 is 1.41. The molecular weight excluding hydrogens is 483 g/mol. The number of amides is 2. The fourth-order valence-corrected chi connectivity index (χ4v) is 6.16. The Morgan fingerprint density at radius 2 is 1.81 bits per heavy atom. The third-order valence-electron chi connectivity index (χ3n) is 7.56. The lowest BCUT2D eigenvalue weighted by molar-refractivity contribution is -0.114. The Bertz CT molecular complexity index is 1320. The summed E-state index contributed by atoms with van der Waals surface area (Å²) in [6.45, 7) is 4.74. The van der Waals surface area contributed by atoms with Gasteiger partial charge in [0, 0.05) is 16.5 Å². The van der Waals surface area contributed by atoms with Crippen molar-refractivity contribution in [3.8, 4) is 0 Å². The smallest absolute Gasteiger partial charge is 0.265 e. The lowest BCUT2D eigenvalue weighted by atomic mass is 9.78. The van der Waals surface area contributed by atoms with Gasteiger partial charge in [-0.15, -0.1) is 0 Å². The van der Waals surface area contributed by atoms with Gasteiger partial charge < -0.3 is 10.2 Å². The number of rotatable bonds is 5. The Kier molecular flexibility index (Phi) is 7.47. The van der Waals surface area contributed by atoms with E-state index in [0.29, 0.717) is 28.0 Å². The number of hydrogen-bond acceptors (Lipinski definition) is 3. The molecule has 3 aromatic carbocycles. The van der Waals surface area contributed by atoms with Crippen LogP contribution in [0.1, 0.15) is 54.6 Å². The van der Waals surface area contributed by atoms with E-state index in [1.54, 1.807) is 17.0 Å². The minimum absolute atomic E-state index is 0.112.